The van der Waals surface area contributed by atoms with Gasteiger partial charge in [0.2, 0.25) is 0 Å². The molecule has 1 aromatic heterocycles. The number of aliphatic hydroxyl groups is 1. The smallest absolute Gasteiger partial charge is 0.268 e. The van der Waals surface area contributed by atoms with Gasteiger partial charge in [-0.2, -0.15) is 0 Å². The van der Waals surface area contributed by atoms with Crippen LogP contribution in [0.3, 0.4) is 0 Å². The number of nitrogens with one attached hydrogen (secondary N) is 1. The molecule has 1 amide bonds. The van der Waals surface area contributed by atoms with Gasteiger partial charge in [0.05, 0.1) is 12.6 Å². The first-order chi connectivity index (χ1) is 8.49. The number of rotatable bonds is 6. The van der Waals surface area contributed by atoms with Gasteiger partial charge in [0.25, 0.3) is 5.91 Å². The van der Waals surface area contributed by atoms with Crippen LogP contribution in [0.15, 0.2) is 16.7 Å². The minimum atomic E-state index is -0.207. The van der Waals surface area contributed by atoms with E-state index in [4.69, 9.17) is 0 Å². The Morgan fingerprint density at radius 3 is 2.72 bits per heavy atom. The molecule has 0 aliphatic carbocycles. The van der Waals surface area contributed by atoms with Gasteiger partial charge in [-0.3, -0.25) is 4.79 Å². The highest BCUT2D eigenvalue weighted by atomic mass is 79.9. The summed E-state index contributed by atoms with van der Waals surface area (Å²) in [7, 11) is 0. The first-order valence-corrected chi connectivity index (χ1v) is 7.06. The van der Waals surface area contributed by atoms with Crippen molar-refractivity contribution in [2.24, 2.45) is 5.92 Å². The molecule has 18 heavy (non-hydrogen) atoms. The number of aromatic nitrogens is 1. The lowest BCUT2D eigenvalue weighted by Crippen LogP contribution is -2.41. The molecule has 0 radical (unpaired) electrons. The lowest BCUT2D eigenvalue weighted by atomic mass is 10.1. The molecule has 0 saturated heterocycles. The summed E-state index contributed by atoms with van der Waals surface area (Å²) in [5, 5.41) is 12.1. The van der Waals surface area contributed by atoms with Crippen molar-refractivity contribution in [3.05, 3.63) is 22.4 Å². The normalized spacial score (nSPS) is 12.8. The number of aryl methyl sites for hydroxylation is 1. The number of nitrogens with zero attached hydrogens (tertiary/aromatic N) is 1. The number of hydrogen-bond donors (Lipinski definition) is 2. The number of carbonyl (C=O) groups excluding carboxylic acids is 1. The van der Waals surface area contributed by atoms with Gasteiger partial charge in [-0.05, 0) is 34.3 Å². The van der Waals surface area contributed by atoms with Crippen LogP contribution < -0.4 is 5.32 Å². The number of hydrogen-bond acceptors (Lipinski definition) is 2. The molecule has 0 saturated carbocycles. The van der Waals surface area contributed by atoms with Gasteiger partial charge < -0.3 is 15.0 Å². The van der Waals surface area contributed by atoms with Crippen LogP contribution in [0.5, 0.6) is 0 Å². The molecule has 1 rings (SSSR count). The molecule has 0 aliphatic rings. The molecule has 0 aromatic carbocycles. The van der Waals surface area contributed by atoms with E-state index in [0.717, 1.165) is 17.4 Å². The van der Waals surface area contributed by atoms with Gasteiger partial charge in [-0.15, -0.1) is 0 Å². The van der Waals surface area contributed by atoms with E-state index in [1.54, 1.807) is 6.07 Å². The van der Waals surface area contributed by atoms with E-state index in [9.17, 15) is 9.90 Å². The van der Waals surface area contributed by atoms with Crippen LogP contribution in [0.25, 0.3) is 0 Å². The average molecular weight is 317 g/mol. The SMILES string of the molecule is CCCn1cc(Br)cc1C(=O)N[C@H](CO)C(C)C. The summed E-state index contributed by atoms with van der Waals surface area (Å²) in [5.74, 6) is 0.0684. The molecular weight excluding hydrogens is 296 g/mol. The quantitative estimate of drug-likeness (QED) is 0.846. The predicted octanol–water partition coefficient (Wildman–Crippen LogP) is 2.41. The predicted molar refractivity (Wildman–Crippen MR) is 75.6 cm³/mol. The van der Waals surface area contributed by atoms with Crippen LogP contribution in [0, 0.1) is 5.92 Å². The first kappa shape index (κ1) is 15.2. The topological polar surface area (TPSA) is 54.3 Å². The van der Waals surface area contributed by atoms with Crippen LogP contribution in [0.1, 0.15) is 37.7 Å². The van der Waals surface area contributed by atoms with E-state index in [1.807, 2.05) is 24.6 Å². The van der Waals surface area contributed by atoms with Crippen LogP contribution in [0.2, 0.25) is 0 Å². The monoisotopic (exact) mass is 316 g/mol. The number of aliphatic hydroxyl groups excluding tert-OH is 1. The fourth-order valence-corrected chi connectivity index (χ4v) is 2.22. The number of amides is 1. The van der Waals surface area contributed by atoms with Gasteiger partial charge in [0.1, 0.15) is 5.69 Å². The first-order valence-electron chi connectivity index (χ1n) is 6.27. The third kappa shape index (κ3) is 3.85. The van der Waals surface area contributed by atoms with E-state index in [2.05, 4.69) is 28.2 Å². The zero-order valence-corrected chi connectivity index (χ0v) is 12.7. The van der Waals surface area contributed by atoms with Crippen molar-refractivity contribution in [3.8, 4) is 0 Å². The third-order valence-electron chi connectivity index (χ3n) is 2.88. The van der Waals surface area contributed by atoms with Crippen molar-refractivity contribution in [1.29, 1.82) is 0 Å². The zero-order chi connectivity index (χ0) is 13.7. The largest absolute Gasteiger partial charge is 0.394 e. The molecule has 0 fully saturated rings. The summed E-state index contributed by atoms with van der Waals surface area (Å²) >= 11 is 3.38. The summed E-state index contributed by atoms with van der Waals surface area (Å²) in [6.07, 6.45) is 2.87. The van der Waals surface area contributed by atoms with Crippen molar-refractivity contribution in [1.82, 2.24) is 9.88 Å². The fourth-order valence-electron chi connectivity index (χ4n) is 1.76. The number of halogens is 1. The van der Waals surface area contributed by atoms with E-state index in [-0.39, 0.29) is 24.5 Å². The van der Waals surface area contributed by atoms with Crippen LogP contribution >= 0.6 is 15.9 Å². The van der Waals surface area contributed by atoms with Crippen LogP contribution in [-0.4, -0.2) is 28.2 Å². The summed E-state index contributed by atoms with van der Waals surface area (Å²) < 4.78 is 2.82. The standard InChI is InChI=1S/C13H21BrN2O2/c1-4-5-16-7-10(14)6-12(16)13(18)15-11(8-17)9(2)3/h6-7,9,11,17H,4-5,8H2,1-3H3,(H,15,18)/t11-/m1/s1. The van der Waals surface area contributed by atoms with Crippen molar-refractivity contribution in [2.75, 3.05) is 6.61 Å². The highest BCUT2D eigenvalue weighted by molar-refractivity contribution is 9.10. The maximum Gasteiger partial charge on any atom is 0.268 e. The molecule has 2 N–H and O–H groups in total. The Kier molecular flexibility index (Phi) is 5.88. The molecule has 102 valence electrons. The Labute approximate surface area is 117 Å². The zero-order valence-electron chi connectivity index (χ0n) is 11.1. The van der Waals surface area contributed by atoms with Gasteiger partial charge in [0, 0.05) is 17.2 Å². The summed E-state index contributed by atoms with van der Waals surface area (Å²) in [6.45, 7) is 6.78. The Morgan fingerprint density at radius 1 is 1.56 bits per heavy atom. The molecule has 1 atom stereocenters. The van der Waals surface area contributed by atoms with Crippen molar-refractivity contribution in [3.63, 3.8) is 0 Å². The lowest BCUT2D eigenvalue weighted by Gasteiger charge is -2.20. The van der Waals surface area contributed by atoms with Crippen molar-refractivity contribution < 1.29 is 9.90 Å². The van der Waals surface area contributed by atoms with Gasteiger partial charge in [0.15, 0.2) is 0 Å². The molecule has 4 nitrogen and oxygen atoms in total. The Balaban J connectivity index is 2.83. The van der Waals surface area contributed by atoms with Gasteiger partial charge in [-0.1, -0.05) is 20.8 Å². The van der Waals surface area contributed by atoms with E-state index < -0.39 is 0 Å². The highest BCUT2D eigenvalue weighted by Crippen LogP contribution is 2.16. The number of carbonyl (C=O) groups is 1. The second-order valence-corrected chi connectivity index (χ2v) is 5.66. The summed E-state index contributed by atoms with van der Waals surface area (Å²) in [6, 6.07) is 1.60. The Hall–Kier alpha value is -0.810. The minimum absolute atomic E-state index is 0.0426. The molecular formula is C13H21BrN2O2. The minimum Gasteiger partial charge on any atom is -0.394 e. The van der Waals surface area contributed by atoms with Gasteiger partial charge >= 0.3 is 0 Å². The Bertz CT molecular complexity index is 402. The molecule has 5 heteroatoms. The molecule has 0 unspecified atom stereocenters. The van der Waals surface area contributed by atoms with Crippen LogP contribution in [-0.2, 0) is 6.54 Å². The average Bonchev–Trinajstić information content (AvgIpc) is 2.67. The summed E-state index contributed by atoms with van der Waals surface area (Å²) in [4.78, 5) is 12.2. The molecule has 0 bridgehead atoms. The van der Waals surface area contributed by atoms with Crippen LogP contribution in [0.4, 0.5) is 0 Å². The van der Waals surface area contributed by atoms with E-state index in [1.165, 1.54) is 0 Å². The van der Waals surface area contributed by atoms with Crippen molar-refractivity contribution in [2.45, 2.75) is 39.8 Å². The highest BCUT2D eigenvalue weighted by Gasteiger charge is 2.19. The van der Waals surface area contributed by atoms with Crippen molar-refractivity contribution >= 4 is 21.8 Å². The Morgan fingerprint density at radius 2 is 2.22 bits per heavy atom. The fraction of sp³-hybridized carbons (Fsp3) is 0.615. The second-order valence-electron chi connectivity index (χ2n) is 4.74. The van der Waals surface area contributed by atoms with E-state index in [0.29, 0.717) is 5.69 Å². The molecule has 0 aliphatic heterocycles. The second kappa shape index (κ2) is 6.95. The summed E-state index contributed by atoms with van der Waals surface area (Å²) in [5.41, 5.74) is 0.628. The third-order valence-corrected chi connectivity index (χ3v) is 3.31. The lowest BCUT2D eigenvalue weighted by molar-refractivity contribution is 0.0887. The maximum absolute atomic E-state index is 12.2. The maximum atomic E-state index is 12.2. The van der Waals surface area contributed by atoms with Gasteiger partial charge in [-0.25, -0.2) is 0 Å². The molecule has 0 spiro atoms. The molecule has 1 aromatic rings. The van der Waals surface area contributed by atoms with E-state index >= 15 is 0 Å². The molecule has 1 heterocycles.